The molecule has 1 N–H and O–H groups in total. The van der Waals surface area contributed by atoms with E-state index in [0.29, 0.717) is 6.04 Å². The van der Waals surface area contributed by atoms with Crippen LogP contribution in [0.1, 0.15) is 43.9 Å². The fourth-order valence-electron chi connectivity index (χ4n) is 3.60. The van der Waals surface area contributed by atoms with Crippen molar-refractivity contribution in [1.29, 1.82) is 0 Å². The Balaban J connectivity index is 1.91. The number of hydrogen-bond donors (Lipinski definition) is 1. The Kier molecular flexibility index (Phi) is 6.40. The van der Waals surface area contributed by atoms with Crippen molar-refractivity contribution < 1.29 is 0 Å². The van der Waals surface area contributed by atoms with E-state index in [9.17, 15) is 0 Å². The molecule has 3 nitrogen and oxygen atoms in total. The minimum Gasteiger partial charge on any atom is -0.347 e. The summed E-state index contributed by atoms with van der Waals surface area (Å²) in [5.74, 6) is 0. The lowest BCUT2D eigenvalue weighted by Gasteiger charge is -2.31. The summed E-state index contributed by atoms with van der Waals surface area (Å²) in [6.07, 6.45) is 3.32. The van der Waals surface area contributed by atoms with Crippen molar-refractivity contribution in [2.45, 2.75) is 60.2 Å². The summed E-state index contributed by atoms with van der Waals surface area (Å²) in [4.78, 5) is 2.32. The molecule has 0 aliphatic carbocycles. The van der Waals surface area contributed by atoms with Crippen molar-refractivity contribution >= 4 is 33.9 Å². The number of hydrogen-bond acceptors (Lipinski definition) is 1. The number of aryl methyl sites for hydroxylation is 3. The van der Waals surface area contributed by atoms with Crippen molar-refractivity contribution in [2.24, 2.45) is 0 Å². The summed E-state index contributed by atoms with van der Waals surface area (Å²) >= 11 is 5.87. The zero-order chi connectivity index (χ0) is 20.3. The summed E-state index contributed by atoms with van der Waals surface area (Å²) in [5, 5.41) is 5.61. The molecule has 0 fully saturated rings. The highest BCUT2D eigenvalue weighted by atomic mass is 32.1. The Morgan fingerprint density at radius 3 is 2.61 bits per heavy atom. The van der Waals surface area contributed by atoms with Crippen molar-refractivity contribution in [3.8, 4) is 0 Å². The third-order valence-electron chi connectivity index (χ3n) is 5.57. The Morgan fingerprint density at radius 1 is 1.14 bits per heavy atom. The molecule has 0 aliphatic rings. The van der Waals surface area contributed by atoms with Gasteiger partial charge >= 0.3 is 0 Å². The molecule has 0 unspecified atom stereocenters. The smallest absolute Gasteiger partial charge is 0.173 e. The highest BCUT2D eigenvalue weighted by molar-refractivity contribution is 7.80. The van der Waals surface area contributed by atoms with Crippen molar-refractivity contribution in [3.05, 3.63) is 65.4 Å². The lowest BCUT2D eigenvalue weighted by molar-refractivity contribution is 0.320. The maximum atomic E-state index is 5.87. The average molecular weight is 394 g/mol. The number of anilines is 1. The van der Waals surface area contributed by atoms with Crippen molar-refractivity contribution in [2.75, 3.05) is 5.32 Å². The number of benzene rings is 2. The number of thiocarbonyl (C=S) groups is 1. The Labute approximate surface area is 174 Å². The first-order chi connectivity index (χ1) is 13.4. The molecule has 2 aromatic carbocycles. The molecule has 3 aromatic rings. The maximum Gasteiger partial charge on any atom is 0.173 e. The van der Waals surface area contributed by atoms with Crippen LogP contribution in [0.4, 0.5) is 5.69 Å². The first kappa shape index (κ1) is 20.4. The zero-order valence-corrected chi connectivity index (χ0v) is 18.4. The molecule has 0 aliphatic heterocycles. The van der Waals surface area contributed by atoms with E-state index in [1.54, 1.807) is 0 Å². The predicted molar refractivity (Wildman–Crippen MR) is 125 cm³/mol. The van der Waals surface area contributed by atoms with Crippen molar-refractivity contribution in [1.82, 2.24) is 9.47 Å². The molecule has 0 amide bonds. The molecule has 1 atom stereocenters. The molecule has 0 bridgehead atoms. The van der Waals surface area contributed by atoms with Gasteiger partial charge in [-0.15, -0.1) is 0 Å². The Bertz CT molecular complexity index is 973. The Hall–Kier alpha value is -2.33. The van der Waals surface area contributed by atoms with Gasteiger partial charge in [-0.3, -0.25) is 0 Å². The van der Waals surface area contributed by atoms with Crippen LogP contribution in [0.3, 0.4) is 0 Å². The highest BCUT2D eigenvalue weighted by Gasteiger charge is 2.19. The standard InChI is InChI=1S/C24H31N3S/c1-6-19(5)27(24(28)25-22-14-17(3)12-13-18(22)4)16-20-15-26(7-2)23-11-9-8-10-21(20)23/h8-15,19H,6-7,16H2,1-5H3,(H,25,28)/t19-/m1/s1. The van der Waals surface area contributed by atoms with Crippen LogP contribution < -0.4 is 5.32 Å². The topological polar surface area (TPSA) is 20.2 Å². The van der Waals surface area contributed by atoms with Crippen LogP contribution in [0, 0.1) is 13.8 Å². The predicted octanol–water partition coefficient (Wildman–Crippen LogP) is 6.28. The van der Waals surface area contributed by atoms with E-state index in [2.05, 4.69) is 98.1 Å². The number of nitrogens with zero attached hydrogens (tertiary/aromatic N) is 2. The molecule has 1 heterocycles. The van der Waals surface area contributed by atoms with E-state index in [-0.39, 0.29) is 0 Å². The number of nitrogens with one attached hydrogen (secondary N) is 1. The van der Waals surface area contributed by atoms with Gasteiger partial charge in [0.05, 0.1) is 0 Å². The number of para-hydroxylation sites is 1. The minimum atomic E-state index is 0.355. The van der Waals surface area contributed by atoms with Gasteiger partial charge in [-0.1, -0.05) is 37.3 Å². The largest absolute Gasteiger partial charge is 0.347 e. The number of fused-ring (bicyclic) bond motifs is 1. The van der Waals surface area contributed by atoms with E-state index in [4.69, 9.17) is 12.2 Å². The van der Waals surface area contributed by atoms with Crippen LogP contribution in [0.2, 0.25) is 0 Å². The highest BCUT2D eigenvalue weighted by Crippen LogP contribution is 2.25. The van der Waals surface area contributed by atoms with Crippen molar-refractivity contribution in [3.63, 3.8) is 0 Å². The van der Waals surface area contributed by atoms with Gasteiger partial charge in [-0.2, -0.15) is 0 Å². The molecule has 148 valence electrons. The third kappa shape index (κ3) is 4.22. The quantitative estimate of drug-likeness (QED) is 0.498. The van der Waals surface area contributed by atoms with Crippen LogP contribution >= 0.6 is 12.2 Å². The van der Waals surface area contributed by atoms with Crippen LogP contribution in [0.25, 0.3) is 10.9 Å². The van der Waals surface area contributed by atoms with Crippen LogP contribution in [-0.2, 0) is 13.1 Å². The SMILES string of the molecule is CC[C@@H](C)N(Cc1cn(CC)c2ccccc12)C(=S)Nc1cc(C)ccc1C. The van der Waals surface area contributed by atoms with E-state index >= 15 is 0 Å². The molecule has 0 saturated heterocycles. The summed E-state index contributed by atoms with van der Waals surface area (Å²) in [6.45, 7) is 12.7. The molecule has 28 heavy (non-hydrogen) atoms. The third-order valence-corrected chi connectivity index (χ3v) is 5.91. The van der Waals surface area contributed by atoms with Gasteiger partial charge < -0.3 is 14.8 Å². The molecule has 0 saturated carbocycles. The summed E-state index contributed by atoms with van der Waals surface area (Å²) in [5.41, 5.74) is 6.14. The van der Waals surface area contributed by atoms with Gasteiger partial charge in [0, 0.05) is 41.9 Å². The van der Waals surface area contributed by atoms with Gasteiger partial charge in [-0.25, -0.2) is 0 Å². The lowest BCUT2D eigenvalue weighted by Crippen LogP contribution is -2.40. The summed E-state index contributed by atoms with van der Waals surface area (Å²) in [7, 11) is 0. The van der Waals surface area contributed by atoms with E-state index in [1.807, 2.05) is 0 Å². The molecule has 0 radical (unpaired) electrons. The molecule has 0 spiro atoms. The number of rotatable bonds is 6. The van der Waals surface area contributed by atoms with Gasteiger partial charge in [-0.05, 0) is 75.2 Å². The molecule has 4 heteroatoms. The van der Waals surface area contributed by atoms with Gasteiger partial charge in [0.1, 0.15) is 0 Å². The van der Waals surface area contributed by atoms with Gasteiger partial charge in [0.15, 0.2) is 5.11 Å². The monoisotopic (exact) mass is 393 g/mol. The zero-order valence-electron chi connectivity index (χ0n) is 17.6. The maximum absolute atomic E-state index is 5.87. The lowest BCUT2D eigenvalue weighted by atomic mass is 10.1. The molecular weight excluding hydrogens is 362 g/mol. The van der Waals surface area contributed by atoms with Crippen LogP contribution in [0.5, 0.6) is 0 Å². The normalized spacial score (nSPS) is 12.2. The minimum absolute atomic E-state index is 0.355. The second-order valence-electron chi connectivity index (χ2n) is 7.59. The molecule has 1 aromatic heterocycles. The average Bonchev–Trinajstić information content (AvgIpc) is 3.06. The second kappa shape index (κ2) is 8.78. The van der Waals surface area contributed by atoms with Crippen LogP contribution in [0.15, 0.2) is 48.7 Å². The molecule has 3 rings (SSSR count). The van der Waals surface area contributed by atoms with E-state index in [1.165, 1.54) is 27.6 Å². The molecular formula is C24H31N3S. The van der Waals surface area contributed by atoms with Crippen LogP contribution in [-0.4, -0.2) is 20.6 Å². The fraction of sp³-hybridized carbons (Fsp3) is 0.375. The summed E-state index contributed by atoms with van der Waals surface area (Å²) < 4.78 is 2.32. The number of aromatic nitrogens is 1. The van der Waals surface area contributed by atoms with Gasteiger partial charge in [0.2, 0.25) is 0 Å². The first-order valence-corrected chi connectivity index (χ1v) is 10.6. The second-order valence-corrected chi connectivity index (χ2v) is 7.98. The van der Waals surface area contributed by atoms with E-state index < -0.39 is 0 Å². The first-order valence-electron chi connectivity index (χ1n) is 10.2. The van der Waals surface area contributed by atoms with Gasteiger partial charge in [0.25, 0.3) is 0 Å². The Morgan fingerprint density at radius 2 is 1.89 bits per heavy atom. The van der Waals surface area contributed by atoms with E-state index in [0.717, 1.165) is 30.3 Å². The summed E-state index contributed by atoms with van der Waals surface area (Å²) in [6, 6.07) is 15.4. The fourth-order valence-corrected chi connectivity index (χ4v) is 3.95.